The molecule has 1 aromatic heterocycles. The summed E-state index contributed by atoms with van der Waals surface area (Å²) in [6.07, 6.45) is 3.38. The van der Waals surface area contributed by atoms with Crippen molar-refractivity contribution in [1.82, 2.24) is 15.0 Å². The average Bonchev–Trinajstić information content (AvgIpc) is 3.05. The van der Waals surface area contributed by atoms with Crippen molar-refractivity contribution >= 4 is 32.9 Å². The number of esters is 1. The fourth-order valence-corrected chi connectivity index (χ4v) is 3.13. The van der Waals surface area contributed by atoms with Crippen LogP contribution in [0.25, 0.3) is 16.7 Å². The number of aryl methyl sites for hydroxylation is 1. The second-order valence-electron chi connectivity index (χ2n) is 6.29. The van der Waals surface area contributed by atoms with Crippen molar-refractivity contribution in [2.24, 2.45) is 0 Å². The Balaban J connectivity index is 1.72. The van der Waals surface area contributed by atoms with E-state index in [0.717, 1.165) is 40.3 Å². The molecular formula is C20H20BrN3O3. The lowest BCUT2D eigenvalue weighted by Crippen LogP contribution is -2.12. The van der Waals surface area contributed by atoms with E-state index in [-0.39, 0.29) is 11.9 Å². The lowest BCUT2D eigenvalue weighted by atomic mass is 10.1. The third-order valence-corrected chi connectivity index (χ3v) is 4.65. The standard InChI is InChI=1S/C20H20BrN3O3/c1-3-20(26)27-13(2)5-4-6-14-7-10-19(25)18(11-14)24-22-16-9-8-15(21)12-17(16)23-24/h3,7-13,25H,1,4-6H2,2H3. The molecule has 140 valence electrons. The number of aromatic nitrogens is 3. The Morgan fingerprint density at radius 3 is 2.85 bits per heavy atom. The van der Waals surface area contributed by atoms with Crippen molar-refractivity contribution in [3.05, 3.63) is 59.1 Å². The predicted molar refractivity (Wildman–Crippen MR) is 107 cm³/mol. The molecule has 1 atom stereocenters. The lowest BCUT2D eigenvalue weighted by molar-refractivity contribution is -0.142. The zero-order valence-corrected chi connectivity index (χ0v) is 16.5. The van der Waals surface area contributed by atoms with Crippen LogP contribution >= 0.6 is 15.9 Å². The Labute approximate surface area is 165 Å². The van der Waals surface area contributed by atoms with Crippen LogP contribution in [-0.2, 0) is 16.0 Å². The molecule has 0 bridgehead atoms. The van der Waals surface area contributed by atoms with Crippen molar-refractivity contribution in [3.63, 3.8) is 0 Å². The fraction of sp³-hybridized carbons (Fsp3) is 0.250. The van der Waals surface area contributed by atoms with Gasteiger partial charge in [-0.2, -0.15) is 0 Å². The molecule has 0 amide bonds. The normalized spacial score (nSPS) is 12.1. The molecule has 7 heteroatoms. The summed E-state index contributed by atoms with van der Waals surface area (Å²) in [6, 6.07) is 11.1. The highest BCUT2D eigenvalue weighted by Gasteiger charge is 2.11. The summed E-state index contributed by atoms with van der Waals surface area (Å²) in [5.74, 6) is -0.288. The minimum absolute atomic E-state index is 0.117. The predicted octanol–water partition coefficient (Wildman–Crippen LogP) is 4.33. The van der Waals surface area contributed by atoms with Crippen molar-refractivity contribution in [2.75, 3.05) is 0 Å². The van der Waals surface area contributed by atoms with Gasteiger partial charge >= 0.3 is 5.97 Å². The largest absolute Gasteiger partial charge is 0.506 e. The van der Waals surface area contributed by atoms with Crippen LogP contribution in [0.5, 0.6) is 5.75 Å². The van der Waals surface area contributed by atoms with Crippen LogP contribution in [0.4, 0.5) is 0 Å². The Bertz CT molecular complexity index is 984. The number of nitrogens with zero attached hydrogens (tertiary/aromatic N) is 3. The quantitative estimate of drug-likeness (QED) is 0.446. The first kappa shape index (κ1) is 19.1. The van der Waals surface area contributed by atoms with E-state index in [1.165, 1.54) is 10.9 Å². The van der Waals surface area contributed by atoms with Gasteiger partial charge in [-0.15, -0.1) is 15.0 Å². The molecule has 3 rings (SSSR count). The first-order valence-corrected chi connectivity index (χ1v) is 9.43. The fourth-order valence-electron chi connectivity index (χ4n) is 2.78. The highest BCUT2D eigenvalue weighted by Crippen LogP contribution is 2.25. The van der Waals surface area contributed by atoms with Gasteiger partial charge in [0.25, 0.3) is 0 Å². The first-order chi connectivity index (χ1) is 13.0. The molecule has 0 saturated heterocycles. The van der Waals surface area contributed by atoms with Gasteiger partial charge in [0.05, 0.1) is 6.10 Å². The number of carbonyl (C=O) groups is 1. The number of carbonyl (C=O) groups excluding carboxylic acids is 1. The van der Waals surface area contributed by atoms with Gasteiger partial charge in [-0.3, -0.25) is 0 Å². The van der Waals surface area contributed by atoms with E-state index in [9.17, 15) is 9.90 Å². The molecule has 0 fully saturated rings. The Kier molecular flexibility index (Phi) is 5.91. The second kappa shape index (κ2) is 8.35. The van der Waals surface area contributed by atoms with Gasteiger partial charge in [0.15, 0.2) is 0 Å². The zero-order valence-electron chi connectivity index (χ0n) is 14.9. The topological polar surface area (TPSA) is 77.2 Å². The molecule has 0 aliphatic rings. The number of hydrogen-bond acceptors (Lipinski definition) is 5. The van der Waals surface area contributed by atoms with Gasteiger partial charge in [-0.05, 0) is 62.1 Å². The summed E-state index contributed by atoms with van der Waals surface area (Å²) in [4.78, 5) is 12.7. The average molecular weight is 430 g/mol. The highest BCUT2D eigenvalue weighted by molar-refractivity contribution is 9.10. The number of phenolic OH excluding ortho intramolecular Hbond substituents is 1. The van der Waals surface area contributed by atoms with E-state index in [1.54, 1.807) is 6.07 Å². The zero-order chi connectivity index (χ0) is 19.4. The lowest BCUT2D eigenvalue weighted by Gasteiger charge is -2.12. The summed E-state index contributed by atoms with van der Waals surface area (Å²) in [7, 11) is 0. The summed E-state index contributed by atoms with van der Waals surface area (Å²) in [6.45, 7) is 5.26. The molecule has 6 nitrogen and oxygen atoms in total. The smallest absolute Gasteiger partial charge is 0.330 e. The molecule has 27 heavy (non-hydrogen) atoms. The van der Waals surface area contributed by atoms with E-state index in [4.69, 9.17) is 4.74 Å². The summed E-state index contributed by atoms with van der Waals surface area (Å²) in [5, 5.41) is 19.1. The monoisotopic (exact) mass is 429 g/mol. The van der Waals surface area contributed by atoms with Crippen molar-refractivity contribution in [3.8, 4) is 11.4 Å². The third kappa shape index (κ3) is 4.74. The van der Waals surface area contributed by atoms with Crippen LogP contribution in [0.2, 0.25) is 0 Å². The molecule has 0 spiro atoms. The maximum atomic E-state index is 11.2. The molecule has 0 aliphatic heterocycles. The van der Waals surface area contributed by atoms with Crippen molar-refractivity contribution in [2.45, 2.75) is 32.3 Å². The number of benzene rings is 2. The molecule has 0 saturated carbocycles. The van der Waals surface area contributed by atoms with E-state index < -0.39 is 5.97 Å². The van der Waals surface area contributed by atoms with E-state index >= 15 is 0 Å². The number of hydrogen-bond donors (Lipinski definition) is 1. The molecule has 0 radical (unpaired) electrons. The number of fused-ring (bicyclic) bond motifs is 1. The van der Waals surface area contributed by atoms with Crippen LogP contribution in [0, 0.1) is 0 Å². The Morgan fingerprint density at radius 2 is 2.07 bits per heavy atom. The number of ether oxygens (including phenoxy) is 1. The van der Waals surface area contributed by atoms with E-state index in [1.807, 2.05) is 37.3 Å². The van der Waals surface area contributed by atoms with Crippen LogP contribution in [0.3, 0.4) is 0 Å². The van der Waals surface area contributed by atoms with E-state index in [0.29, 0.717) is 5.69 Å². The molecular weight excluding hydrogens is 410 g/mol. The van der Waals surface area contributed by atoms with Gasteiger partial charge in [-0.1, -0.05) is 28.6 Å². The molecule has 1 unspecified atom stereocenters. The van der Waals surface area contributed by atoms with Crippen molar-refractivity contribution < 1.29 is 14.6 Å². The van der Waals surface area contributed by atoms with Gasteiger partial charge in [0, 0.05) is 10.5 Å². The van der Waals surface area contributed by atoms with Gasteiger partial charge in [-0.25, -0.2) is 4.79 Å². The Hall–Kier alpha value is -2.67. The number of halogens is 1. The van der Waals surface area contributed by atoms with Crippen LogP contribution < -0.4 is 0 Å². The number of phenols is 1. The van der Waals surface area contributed by atoms with Gasteiger partial charge in [0.2, 0.25) is 0 Å². The second-order valence-corrected chi connectivity index (χ2v) is 7.21. The molecule has 0 aliphatic carbocycles. The third-order valence-electron chi connectivity index (χ3n) is 4.16. The van der Waals surface area contributed by atoms with Crippen molar-refractivity contribution in [1.29, 1.82) is 0 Å². The van der Waals surface area contributed by atoms with Crippen LogP contribution in [-0.4, -0.2) is 32.2 Å². The van der Waals surface area contributed by atoms with Gasteiger partial charge < -0.3 is 9.84 Å². The van der Waals surface area contributed by atoms with Crippen LogP contribution in [0.15, 0.2) is 53.5 Å². The molecule has 1 N–H and O–H groups in total. The number of rotatable bonds is 7. The minimum Gasteiger partial charge on any atom is -0.506 e. The van der Waals surface area contributed by atoms with Gasteiger partial charge in [0.1, 0.15) is 22.5 Å². The summed E-state index contributed by atoms with van der Waals surface area (Å²) in [5.41, 5.74) is 3.08. The highest BCUT2D eigenvalue weighted by atomic mass is 79.9. The Morgan fingerprint density at radius 1 is 1.30 bits per heavy atom. The number of aromatic hydroxyl groups is 1. The maximum absolute atomic E-state index is 11.2. The molecule has 3 aromatic rings. The first-order valence-electron chi connectivity index (χ1n) is 8.64. The molecule has 2 aromatic carbocycles. The summed E-state index contributed by atoms with van der Waals surface area (Å²) < 4.78 is 6.09. The summed E-state index contributed by atoms with van der Waals surface area (Å²) >= 11 is 3.42. The van der Waals surface area contributed by atoms with Crippen LogP contribution in [0.1, 0.15) is 25.3 Å². The molecule has 1 heterocycles. The maximum Gasteiger partial charge on any atom is 0.330 e. The minimum atomic E-state index is -0.405. The SMILES string of the molecule is C=CC(=O)OC(C)CCCc1ccc(O)c(-n2nc3ccc(Br)cc3n2)c1. The van der Waals surface area contributed by atoms with E-state index in [2.05, 4.69) is 32.7 Å².